The third kappa shape index (κ3) is 2.31. The number of fused-ring (bicyclic) bond motifs is 3. The Hall–Kier alpha value is -2.93. The summed E-state index contributed by atoms with van der Waals surface area (Å²) in [7, 11) is 0. The maximum absolute atomic E-state index is 9.54. The van der Waals surface area contributed by atoms with Crippen LogP contribution in [-0.4, -0.2) is 36.2 Å². The third-order valence-corrected chi connectivity index (χ3v) is 3.78. The summed E-state index contributed by atoms with van der Waals surface area (Å²) in [6.07, 6.45) is 3.13. The molecule has 0 aliphatic rings. The summed E-state index contributed by atoms with van der Waals surface area (Å²) in [5.74, 6) is 0.434. The van der Waals surface area contributed by atoms with Gasteiger partial charge in [-0.3, -0.25) is 9.78 Å². The van der Waals surface area contributed by atoms with Gasteiger partial charge in [0.1, 0.15) is 11.3 Å². The lowest BCUT2D eigenvalue weighted by Crippen LogP contribution is -2.11. The second-order valence-electron chi connectivity index (χ2n) is 5.65. The molecule has 0 saturated carbocycles. The number of aliphatic hydroxyl groups is 1. The van der Waals surface area contributed by atoms with E-state index in [1.54, 1.807) is 17.8 Å². The first-order valence-corrected chi connectivity index (χ1v) is 7.36. The van der Waals surface area contributed by atoms with Crippen LogP contribution < -0.4 is 5.73 Å². The lowest BCUT2D eigenvalue weighted by molar-refractivity contribution is 0.169. The first kappa shape index (κ1) is 13.7. The molecule has 116 valence electrons. The standard InChI is InChI=1S/C16H16N6O/c1-9(23)7-22-8-12-15(21-22)11-3-2-10(13-4-5-18-20-13)6-14(11)19-16(12)17/h2-6,8-9,23H,7H2,1H3,(H2,17,19)(H,18,20)/t9-/m1/s1. The Morgan fingerprint density at radius 3 is 2.91 bits per heavy atom. The number of hydrogen-bond acceptors (Lipinski definition) is 5. The fourth-order valence-corrected chi connectivity index (χ4v) is 2.77. The van der Waals surface area contributed by atoms with Gasteiger partial charge in [-0.1, -0.05) is 6.07 Å². The van der Waals surface area contributed by atoms with E-state index in [-0.39, 0.29) is 0 Å². The smallest absolute Gasteiger partial charge is 0.135 e. The minimum absolute atomic E-state index is 0.418. The van der Waals surface area contributed by atoms with E-state index in [0.29, 0.717) is 12.4 Å². The molecule has 7 nitrogen and oxygen atoms in total. The highest BCUT2D eigenvalue weighted by Crippen LogP contribution is 2.29. The molecule has 0 bridgehead atoms. The molecule has 0 fully saturated rings. The SMILES string of the molecule is C[C@@H](O)Cn1cc2c(N)nc3cc(-c4cc[nH]n4)ccc3c2n1. The Kier molecular flexibility index (Phi) is 3.02. The number of anilines is 1. The van der Waals surface area contributed by atoms with Crippen molar-refractivity contribution < 1.29 is 5.11 Å². The number of H-pyrrole nitrogens is 1. The average molecular weight is 308 g/mol. The van der Waals surface area contributed by atoms with Gasteiger partial charge in [-0.2, -0.15) is 10.2 Å². The van der Waals surface area contributed by atoms with E-state index in [1.165, 1.54) is 0 Å². The summed E-state index contributed by atoms with van der Waals surface area (Å²) in [4.78, 5) is 4.49. The summed E-state index contributed by atoms with van der Waals surface area (Å²) in [5, 5.41) is 22.8. The lowest BCUT2D eigenvalue weighted by Gasteiger charge is -2.03. The van der Waals surface area contributed by atoms with Crippen LogP contribution in [0.1, 0.15) is 6.92 Å². The van der Waals surface area contributed by atoms with Crippen LogP contribution in [0.4, 0.5) is 5.82 Å². The van der Waals surface area contributed by atoms with E-state index in [1.807, 2.05) is 30.5 Å². The summed E-state index contributed by atoms with van der Waals surface area (Å²) in [6.45, 7) is 2.14. The molecule has 3 aromatic heterocycles. The van der Waals surface area contributed by atoms with Gasteiger partial charge in [0.05, 0.1) is 29.2 Å². The zero-order chi connectivity index (χ0) is 16.0. The Balaban J connectivity index is 1.92. The Labute approximate surface area is 131 Å². The molecule has 0 aliphatic carbocycles. The van der Waals surface area contributed by atoms with Gasteiger partial charge in [-0.25, -0.2) is 4.98 Å². The normalized spacial score (nSPS) is 13.0. The Bertz CT molecular complexity index is 987. The molecule has 4 aromatic rings. The largest absolute Gasteiger partial charge is 0.391 e. The Morgan fingerprint density at radius 1 is 1.30 bits per heavy atom. The monoisotopic (exact) mass is 308 g/mol. The van der Waals surface area contributed by atoms with E-state index >= 15 is 0 Å². The summed E-state index contributed by atoms with van der Waals surface area (Å²) < 4.78 is 1.70. The molecule has 1 atom stereocenters. The van der Waals surface area contributed by atoms with Gasteiger partial charge in [0.2, 0.25) is 0 Å². The molecule has 4 N–H and O–H groups in total. The fourth-order valence-electron chi connectivity index (χ4n) is 2.77. The van der Waals surface area contributed by atoms with Crippen LogP contribution in [0.5, 0.6) is 0 Å². The molecular weight excluding hydrogens is 292 g/mol. The molecule has 0 spiro atoms. The van der Waals surface area contributed by atoms with Crippen molar-refractivity contribution >= 4 is 27.6 Å². The number of benzene rings is 1. The van der Waals surface area contributed by atoms with Crippen LogP contribution in [-0.2, 0) is 6.54 Å². The molecule has 0 amide bonds. The van der Waals surface area contributed by atoms with Gasteiger partial charge < -0.3 is 10.8 Å². The minimum atomic E-state index is -0.476. The van der Waals surface area contributed by atoms with E-state index in [9.17, 15) is 5.11 Å². The van der Waals surface area contributed by atoms with Gasteiger partial charge in [-0.15, -0.1) is 0 Å². The zero-order valence-electron chi connectivity index (χ0n) is 12.6. The number of aliphatic hydroxyl groups excluding tert-OH is 1. The van der Waals surface area contributed by atoms with E-state index in [2.05, 4.69) is 20.3 Å². The number of nitrogens with two attached hydrogens (primary N) is 1. The maximum Gasteiger partial charge on any atom is 0.135 e. The molecule has 23 heavy (non-hydrogen) atoms. The van der Waals surface area contributed by atoms with E-state index < -0.39 is 6.10 Å². The molecule has 3 heterocycles. The number of aromatic amines is 1. The van der Waals surface area contributed by atoms with Crippen LogP contribution in [0.15, 0.2) is 36.7 Å². The number of nitrogens with zero attached hydrogens (tertiary/aromatic N) is 4. The van der Waals surface area contributed by atoms with Crippen LogP contribution in [0.2, 0.25) is 0 Å². The molecule has 1 aromatic carbocycles. The number of hydrogen-bond donors (Lipinski definition) is 3. The average Bonchev–Trinajstić information content (AvgIpc) is 3.15. The minimum Gasteiger partial charge on any atom is -0.391 e. The predicted octanol–water partition coefficient (Wildman–Crippen LogP) is 1.94. The van der Waals surface area contributed by atoms with Gasteiger partial charge in [-0.05, 0) is 25.1 Å². The summed E-state index contributed by atoms with van der Waals surface area (Å²) >= 11 is 0. The molecule has 0 aliphatic heterocycles. The molecule has 4 rings (SSSR count). The number of nitrogens with one attached hydrogen (secondary N) is 1. The van der Waals surface area contributed by atoms with Gasteiger partial charge in [0, 0.05) is 23.3 Å². The van der Waals surface area contributed by atoms with Gasteiger partial charge >= 0.3 is 0 Å². The first-order valence-electron chi connectivity index (χ1n) is 7.36. The van der Waals surface area contributed by atoms with Gasteiger partial charge in [0.15, 0.2) is 0 Å². The van der Waals surface area contributed by atoms with E-state index in [4.69, 9.17) is 5.73 Å². The van der Waals surface area contributed by atoms with Crippen molar-refractivity contribution in [1.82, 2.24) is 25.0 Å². The first-order chi connectivity index (χ1) is 11.1. The quantitative estimate of drug-likeness (QED) is 0.536. The predicted molar refractivity (Wildman–Crippen MR) is 88.7 cm³/mol. The maximum atomic E-state index is 9.54. The fraction of sp³-hybridized carbons (Fsp3) is 0.188. The van der Waals surface area contributed by atoms with Crippen LogP contribution >= 0.6 is 0 Å². The number of pyridine rings is 1. The van der Waals surface area contributed by atoms with Crippen LogP contribution in [0, 0.1) is 0 Å². The summed E-state index contributed by atoms with van der Waals surface area (Å²) in [6, 6.07) is 7.83. The van der Waals surface area contributed by atoms with Gasteiger partial charge in [0.25, 0.3) is 0 Å². The zero-order valence-corrected chi connectivity index (χ0v) is 12.6. The molecule has 7 heteroatoms. The van der Waals surface area contributed by atoms with Crippen molar-refractivity contribution in [3.63, 3.8) is 0 Å². The third-order valence-electron chi connectivity index (χ3n) is 3.78. The second-order valence-corrected chi connectivity index (χ2v) is 5.65. The van der Waals surface area contributed by atoms with E-state index in [0.717, 1.165) is 33.1 Å². The molecule has 0 unspecified atom stereocenters. The molecular formula is C16H16N6O. The van der Waals surface area contributed by atoms with Crippen molar-refractivity contribution in [3.05, 3.63) is 36.7 Å². The lowest BCUT2D eigenvalue weighted by atomic mass is 10.1. The number of aromatic nitrogens is 5. The molecule has 0 saturated heterocycles. The van der Waals surface area contributed by atoms with Crippen molar-refractivity contribution in [2.24, 2.45) is 0 Å². The topological polar surface area (TPSA) is 106 Å². The molecule has 0 radical (unpaired) electrons. The highest BCUT2D eigenvalue weighted by Gasteiger charge is 2.12. The van der Waals surface area contributed by atoms with Crippen LogP contribution in [0.25, 0.3) is 33.1 Å². The second kappa shape index (κ2) is 5.06. The Morgan fingerprint density at radius 2 is 2.17 bits per heavy atom. The highest BCUT2D eigenvalue weighted by molar-refractivity contribution is 6.08. The van der Waals surface area contributed by atoms with Crippen molar-refractivity contribution in [2.75, 3.05) is 5.73 Å². The number of nitrogen functional groups attached to an aromatic ring is 1. The highest BCUT2D eigenvalue weighted by atomic mass is 16.3. The van der Waals surface area contributed by atoms with Crippen LogP contribution in [0.3, 0.4) is 0 Å². The van der Waals surface area contributed by atoms with Crippen molar-refractivity contribution in [2.45, 2.75) is 19.6 Å². The van der Waals surface area contributed by atoms with Crippen molar-refractivity contribution in [1.29, 1.82) is 0 Å². The number of rotatable bonds is 3. The van der Waals surface area contributed by atoms with Crippen molar-refractivity contribution in [3.8, 4) is 11.3 Å². The summed E-state index contributed by atoms with van der Waals surface area (Å²) in [5.41, 5.74) is 9.48.